The average Bonchev–Trinajstić information content (AvgIpc) is 2.53. The second-order valence-corrected chi connectivity index (χ2v) is 5.19. The number of para-hydroxylation sites is 2. The number of urea groups is 1. The fourth-order valence-electron chi connectivity index (χ4n) is 1.99. The maximum absolute atomic E-state index is 12.0. The number of carbonyl (C=O) groups is 1. The fraction of sp³-hybridized carbons (Fsp3) is 0.312. The zero-order valence-corrected chi connectivity index (χ0v) is 13.8. The summed E-state index contributed by atoms with van der Waals surface area (Å²) in [5, 5.41) is 5.49. The number of hydrogen-bond donors (Lipinski definition) is 2. The molecule has 0 aliphatic heterocycles. The SMILES string of the molecule is COc1ccccc1NC(=O)NCc1nc(C)cc(N(C)C)n1. The molecular formula is C16H21N5O2. The standard InChI is InChI=1S/C16H21N5O2/c1-11-9-15(21(2)3)20-14(18-11)10-17-16(22)19-12-7-5-6-8-13(12)23-4/h5-9H,10H2,1-4H3,(H2,17,19,22). The Balaban J connectivity index is 1.99. The molecule has 0 atom stereocenters. The summed E-state index contributed by atoms with van der Waals surface area (Å²) < 4.78 is 5.19. The summed E-state index contributed by atoms with van der Waals surface area (Å²) in [4.78, 5) is 22.6. The van der Waals surface area contributed by atoms with Crippen LogP contribution in [0.4, 0.5) is 16.3 Å². The van der Waals surface area contributed by atoms with E-state index >= 15 is 0 Å². The number of hydrogen-bond acceptors (Lipinski definition) is 5. The number of nitrogens with zero attached hydrogens (tertiary/aromatic N) is 3. The van der Waals surface area contributed by atoms with Crippen molar-refractivity contribution in [1.82, 2.24) is 15.3 Å². The van der Waals surface area contributed by atoms with Gasteiger partial charge in [0.2, 0.25) is 0 Å². The van der Waals surface area contributed by atoms with E-state index in [0.717, 1.165) is 11.5 Å². The topological polar surface area (TPSA) is 79.4 Å². The smallest absolute Gasteiger partial charge is 0.319 e. The Morgan fingerprint density at radius 2 is 2.00 bits per heavy atom. The van der Waals surface area contributed by atoms with E-state index in [-0.39, 0.29) is 12.6 Å². The van der Waals surface area contributed by atoms with Crippen LogP contribution in [0.2, 0.25) is 0 Å². The second-order valence-electron chi connectivity index (χ2n) is 5.19. The summed E-state index contributed by atoms with van der Waals surface area (Å²) in [5.74, 6) is 1.97. The molecule has 0 fully saturated rings. The predicted octanol–water partition coefficient (Wildman–Crippen LogP) is 2.18. The first-order chi connectivity index (χ1) is 11.0. The lowest BCUT2D eigenvalue weighted by Gasteiger charge is -2.14. The van der Waals surface area contributed by atoms with Crippen LogP contribution in [0.3, 0.4) is 0 Å². The summed E-state index contributed by atoms with van der Waals surface area (Å²) in [6, 6.07) is 8.76. The van der Waals surface area contributed by atoms with Gasteiger partial charge >= 0.3 is 6.03 Å². The molecule has 0 bridgehead atoms. The van der Waals surface area contributed by atoms with Gasteiger partial charge in [0, 0.05) is 25.9 Å². The van der Waals surface area contributed by atoms with Gasteiger partial charge in [-0.05, 0) is 19.1 Å². The minimum atomic E-state index is -0.342. The first-order valence-corrected chi connectivity index (χ1v) is 7.19. The number of aromatic nitrogens is 2. The number of amides is 2. The van der Waals surface area contributed by atoms with Gasteiger partial charge in [0.05, 0.1) is 19.3 Å². The molecular weight excluding hydrogens is 294 g/mol. The molecule has 0 aliphatic rings. The molecule has 0 saturated carbocycles. The molecule has 0 unspecified atom stereocenters. The highest BCUT2D eigenvalue weighted by Crippen LogP contribution is 2.22. The lowest BCUT2D eigenvalue weighted by molar-refractivity contribution is 0.251. The van der Waals surface area contributed by atoms with Gasteiger partial charge in [0.25, 0.3) is 0 Å². The summed E-state index contributed by atoms with van der Waals surface area (Å²) in [6.07, 6.45) is 0. The quantitative estimate of drug-likeness (QED) is 0.884. The molecule has 0 radical (unpaired) electrons. The van der Waals surface area contributed by atoms with Gasteiger partial charge in [-0.2, -0.15) is 0 Å². The van der Waals surface area contributed by atoms with E-state index in [1.165, 1.54) is 0 Å². The summed E-state index contributed by atoms with van der Waals surface area (Å²) in [6.45, 7) is 2.14. The largest absolute Gasteiger partial charge is 0.495 e. The molecule has 1 heterocycles. The Hall–Kier alpha value is -2.83. The van der Waals surface area contributed by atoms with Crippen LogP contribution in [-0.2, 0) is 6.54 Å². The van der Waals surface area contributed by atoms with E-state index in [2.05, 4.69) is 20.6 Å². The predicted molar refractivity (Wildman–Crippen MR) is 89.9 cm³/mol. The number of ether oxygens (including phenoxy) is 1. The molecule has 7 heteroatoms. The zero-order valence-electron chi connectivity index (χ0n) is 13.8. The normalized spacial score (nSPS) is 10.1. The molecule has 2 N–H and O–H groups in total. The summed E-state index contributed by atoms with van der Waals surface area (Å²) >= 11 is 0. The molecule has 0 saturated heterocycles. The number of rotatable bonds is 5. The van der Waals surface area contributed by atoms with Crippen LogP contribution in [-0.4, -0.2) is 37.2 Å². The van der Waals surface area contributed by atoms with Crippen LogP contribution < -0.4 is 20.3 Å². The molecule has 1 aromatic carbocycles. The van der Waals surface area contributed by atoms with Crippen molar-refractivity contribution in [1.29, 1.82) is 0 Å². The Morgan fingerprint density at radius 1 is 1.26 bits per heavy atom. The van der Waals surface area contributed by atoms with E-state index in [9.17, 15) is 4.79 Å². The first-order valence-electron chi connectivity index (χ1n) is 7.19. The van der Waals surface area contributed by atoms with Crippen molar-refractivity contribution in [2.24, 2.45) is 0 Å². The van der Waals surface area contributed by atoms with E-state index in [4.69, 9.17) is 4.74 Å². The minimum Gasteiger partial charge on any atom is -0.495 e. The number of benzene rings is 1. The molecule has 2 aromatic rings. The van der Waals surface area contributed by atoms with Crippen molar-refractivity contribution in [3.05, 3.63) is 41.9 Å². The highest BCUT2D eigenvalue weighted by molar-refractivity contribution is 5.90. The molecule has 1 aromatic heterocycles. The highest BCUT2D eigenvalue weighted by atomic mass is 16.5. The van der Waals surface area contributed by atoms with Gasteiger partial charge in [-0.15, -0.1) is 0 Å². The lowest BCUT2D eigenvalue weighted by atomic mass is 10.3. The number of carbonyl (C=O) groups excluding carboxylic acids is 1. The fourth-order valence-corrected chi connectivity index (χ4v) is 1.99. The van der Waals surface area contributed by atoms with Crippen molar-refractivity contribution in [3.8, 4) is 5.75 Å². The maximum Gasteiger partial charge on any atom is 0.319 e. The van der Waals surface area contributed by atoms with Gasteiger partial charge in [0.1, 0.15) is 17.4 Å². The van der Waals surface area contributed by atoms with Gasteiger partial charge < -0.3 is 20.3 Å². The monoisotopic (exact) mass is 315 g/mol. The van der Waals surface area contributed by atoms with Gasteiger partial charge in [0.15, 0.2) is 0 Å². The van der Waals surface area contributed by atoms with Gasteiger partial charge in [-0.3, -0.25) is 0 Å². The zero-order chi connectivity index (χ0) is 16.8. The minimum absolute atomic E-state index is 0.240. The third-order valence-electron chi connectivity index (χ3n) is 3.11. The third-order valence-corrected chi connectivity index (χ3v) is 3.11. The van der Waals surface area contributed by atoms with Gasteiger partial charge in [-0.25, -0.2) is 14.8 Å². The summed E-state index contributed by atoms with van der Waals surface area (Å²) in [5.41, 5.74) is 1.46. The van der Waals surface area contributed by atoms with Crippen LogP contribution in [0.25, 0.3) is 0 Å². The molecule has 2 amide bonds. The van der Waals surface area contributed by atoms with Crippen LogP contribution in [0.5, 0.6) is 5.75 Å². The Kier molecular flexibility index (Phi) is 5.35. The molecule has 0 aliphatic carbocycles. The van der Waals surface area contributed by atoms with Crippen LogP contribution in [0.1, 0.15) is 11.5 Å². The number of nitrogens with one attached hydrogen (secondary N) is 2. The van der Waals surface area contributed by atoms with Crippen molar-refractivity contribution in [2.45, 2.75) is 13.5 Å². The average molecular weight is 315 g/mol. The Bertz CT molecular complexity index is 688. The van der Waals surface area contributed by atoms with Crippen LogP contribution >= 0.6 is 0 Å². The van der Waals surface area contributed by atoms with Crippen LogP contribution in [0.15, 0.2) is 30.3 Å². The summed E-state index contributed by atoms with van der Waals surface area (Å²) in [7, 11) is 5.38. The third kappa shape index (κ3) is 4.57. The van der Waals surface area contributed by atoms with Crippen molar-refractivity contribution >= 4 is 17.5 Å². The first kappa shape index (κ1) is 16.5. The molecule has 7 nitrogen and oxygen atoms in total. The van der Waals surface area contributed by atoms with Crippen molar-refractivity contribution in [3.63, 3.8) is 0 Å². The molecule has 0 spiro atoms. The van der Waals surface area contributed by atoms with E-state index in [1.807, 2.05) is 44.1 Å². The lowest BCUT2D eigenvalue weighted by Crippen LogP contribution is -2.29. The van der Waals surface area contributed by atoms with Crippen LogP contribution in [0, 0.1) is 6.92 Å². The molecule has 23 heavy (non-hydrogen) atoms. The van der Waals surface area contributed by atoms with Crippen molar-refractivity contribution in [2.75, 3.05) is 31.4 Å². The Morgan fingerprint density at radius 3 is 2.70 bits per heavy atom. The number of anilines is 2. The second kappa shape index (κ2) is 7.44. The number of aryl methyl sites for hydroxylation is 1. The molecule has 2 rings (SSSR count). The van der Waals surface area contributed by atoms with E-state index in [0.29, 0.717) is 17.3 Å². The van der Waals surface area contributed by atoms with E-state index in [1.54, 1.807) is 19.2 Å². The van der Waals surface area contributed by atoms with E-state index < -0.39 is 0 Å². The highest BCUT2D eigenvalue weighted by Gasteiger charge is 2.08. The molecule has 122 valence electrons. The maximum atomic E-state index is 12.0. The number of methoxy groups -OCH3 is 1. The van der Waals surface area contributed by atoms with Gasteiger partial charge in [-0.1, -0.05) is 12.1 Å². The van der Waals surface area contributed by atoms with Crippen molar-refractivity contribution < 1.29 is 9.53 Å². The Labute approximate surface area is 135 Å².